The molecule has 12 heavy (non-hydrogen) atoms. The zero-order chi connectivity index (χ0) is 8.97. The van der Waals surface area contributed by atoms with Gasteiger partial charge in [-0.2, -0.15) is 0 Å². The fourth-order valence-electron chi connectivity index (χ4n) is 1.39. The number of carbonyl (C=O) groups excluding carboxylic acids is 1. The zero-order valence-corrected chi connectivity index (χ0v) is 7.38. The summed E-state index contributed by atoms with van der Waals surface area (Å²) in [6.07, 6.45) is 6.87. The molecule has 2 heteroatoms. The highest BCUT2D eigenvalue weighted by atomic mass is 16.5. The maximum absolute atomic E-state index is 10.6. The molecular weight excluding hydrogens is 152 g/mol. The summed E-state index contributed by atoms with van der Waals surface area (Å²) in [5.41, 5.74) is 1.19. The van der Waals surface area contributed by atoms with E-state index in [1.807, 2.05) is 12.2 Å². The average molecular weight is 166 g/mol. The van der Waals surface area contributed by atoms with Gasteiger partial charge in [0.15, 0.2) is 0 Å². The van der Waals surface area contributed by atoms with Gasteiger partial charge in [0.05, 0.1) is 0 Å². The zero-order valence-electron chi connectivity index (χ0n) is 7.38. The predicted octanol–water partition coefficient (Wildman–Crippen LogP) is 2.21. The molecule has 0 heterocycles. The lowest BCUT2D eigenvalue weighted by molar-refractivity contribution is -0.144. The van der Waals surface area contributed by atoms with Crippen LogP contribution in [0, 0.1) is 0 Å². The van der Waals surface area contributed by atoms with Crippen molar-refractivity contribution >= 4 is 5.97 Å². The molecule has 0 saturated carbocycles. The topological polar surface area (TPSA) is 26.3 Å². The molecule has 2 nitrogen and oxygen atoms in total. The summed E-state index contributed by atoms with van der Waals surface area (Å²) < 4.78 is 5.06. The van der Waals surface area contributed by atoms with E-state index in [0.717, 1.165) is 19.3 Å². The fourth-order valence-corrected chi connectivity index (χ4v) is 1.39. The van der Waals surface area contributed by atoms with Crippen molar-refractivity contribution in [3.05, 3.63) is 24.3 Å². The third-order valence-electron chi connectivity index (χ3n) is 1.93. The van der Waals surface area contributed by atoms with Gasteiger partial charge >= 0.3 is 5.97 Å². The molecule has 1 atom stereocenters. The molecule has 0 fully saturated rings. The van der Waals surface area contributed by atoms with E-state index in [1.54, 1.807) is 0 Å². The van der Waals surface area contributed by atoms with Crippen LogP contribution in [-0.4, -0.2) is 12.1 Å². The van der Waals surface area contributed by atoms with Gasteiger partial charge in [-0.3, -0.25) is 4.79 Å². The Hall–Kier alpha value is -1.05. The van der Waals surface area contributed by atoms with Gasteiger partial charge in [0.2, 0.25) is 0 Å². The van der Waals surface area contributed by atoms with Crippen molar-refractivity contribution in [1.29, 1.82) is 0 Å². The summed E-state index contributed by atoms with van der Waals surface area (Å²) in [6, 6.07) is 0. The predicted molar refractivity (Wildman–Crippen MR) is 47.7 cm³/mol. The largest absolute Gasteiger partial charge is 0.458 e. The van der Waals surface area contributed by atoms with Crippen molar-refractivity contribution in [2.75, 3.05) is 0 Å². The van der Waals surface area contributed by atoms with Crippen LogP contribution in [-0.2, 0) is 9.53 Å². The van der Waals surface area contributed by atoms with Gasteiger partial charge in [-0.1, -0.05) is 12.7 Å². The van der Waals surface area contributed by atoms with E-state index in [1.165, 1.54) is 12.5 Å². The van der Waals surface area contributed by atoms with Gasteiger partial charge in [-0.05, 0) is 30.9 Å². The molecular formula is C10H14O2. The second-order valence-electron chi connectivity index (χ2n) is 2.99. The van der Waals surface area contributed by atoms with E-state index < -0.39 is 0 Å². The molecule has 0 unspecified atom stereocenters. The summed E-state index contributed by atoms with van der Waals surface area (Å²) >= 11 is 0. The maximum atomic E-state index is 10.6. The van der Waals surface area contributed by atoms with Gasteiger partial charge in [0.1, 0.15) is 6.10 Å². The smallest absolute Gasteiger partial charge is 0.303 e. The molecule has 0 spiro atoms. The summed E-state index contributed by atoms with van der Waals surface area (Å²) in [6.45, 7) is 5.13. The number of ether oxygens (including phenoxy) is 1. The summed E-state index contributed by atoms with van der Waals surface area (Å²) in [5.74, 6) is -0.207. The van der Waals surface area contributed by atoms with Crippen molar-refractivity contribution in [3.8, 4) is 0 Å². The summed E-state index contributed by atoms with van der Waals surface area (Å²) in [4.78, 5) is 10.6. The SMILES string of the molecule is C=CC1=C[C@H](OC(C)=O)CCC1. The van der Waals surface area contributed by atoms with E-state index >= 15 is 0 Å². The molecule has 0 aromatic heterocycles. The third-order valence-corrected chi connectivity index (χ3v) is 1.93. The minimum Gasteiger partial charge on any atom is -0.458 e. The number of carbonyl (C=O) groups is 1. The first-order valence-corrected chi connectivity index (χ1v) is 4.22. The Morgan fingerprint density at radius 2 is 2.58 bits per heavy atom. The molecule has 1 rings (SSSR count). The molecule has 66 valence electrons. The van der Waals surface area contributed by atoms with Crippen molar-refractivity contribution in [2.24, 2.45) is 0 Å². The minimum atomic E-state index is -0.207. The van der Waals surface area contributed by atoms with Crippen LogP contribution in [0.1, 0.15) is 26.2 Å². The molecule has 0 aliphatic heterocycles. The molecule has 0 N–H and O–H groups in total. The molecule has 0 radical (unpaired) electrons. The van der Waals surface area contributed by atoms with Gasteiger partial charge in [0, 0.05) is 6.92 Å². The van der Waals surface area contributed by atoms with Crippen molar-refractivity contribution in [3.63, 3.8) is 0 Å². The Bertz CT molecular complexity index is 216. The van der Waals surface area contributed by atoms with Gasteiger partial charge in [-0.25, -0.2) is 0 Å². The van der Waals surface area contributed by atoms with Crippen LogP contribution in [0.15, 0.2) is 24.3 Å². The quantitative estimate of drug-likeness (QED) is 0.588. The monoisotopic (exact) mass is 166 g/mol. The molecule has 1 aliphatic rings. The Morgan fingerprint density at radius 3 is 3.17 bits per heavy atom. The molecule has 0 saturated heterocycles. The highest BCUT2D eigenvalue weighted by Gasteiger charge is 2.13. The summed E-state index contributed by atoms with van der Waals surface area (Å²) in [5, 5.41) is 0. The molecule has 0 aromatic rings. The Kier molecular flexibility index (Phi) is 3.09. The van der Waals surface area contributed by atoms with Crippen LogP contribution in [0.5, 0.6) is 0 Å². The van der Waals surface area contributed by atoms with Crippen molar-refractivity contribution < 1.29 is 9.53 Å². The van der Waals surface area contributed by atoms with E-state index in [4.69, 9.17) is 4.74 Å². The lowest BCUT2D eigenvalue weighted by Gasteiger charge is -2.18. The maximum Gasteiger partial charge on any atom is 0.303 e. The second-order valence-corrected chi connectivity index (χ2v) is 2.99. The average Bonchev–Trinajstić information content (AvgIpc) is 2.03. The lowest BCUT2D eigenvalue weighted by atomic mass is 9.97. The van der Waals surface area contributed by atoms with E-state index in [0.29, 0.717) is 0 Å². The first kappa shape index (κ1) is 9.04. The number of rotatable bonds is 2. The molecule has 0 amide bonds. The fraction of sp³-hybridized carbons (Fsp3) is 0.500. The summed E-state index contributed by atoms with van der Waals surface area (Å²) in [7, 11) is 0. The Labute approximate surface area is 72.9 Å². The normalized spacial score (nSPS) is 22.8. The molecule has 0 aromatic carbocycles. The number of hydrogen-bond acceptors (Lipinski definition) is 2. The van der Waals surface area contributed by atoms with Gasteiger partial charge in [-0.15, -0.1) is 0 Å². The lowest BCUT2D eigenvalue weighted by Crippen LogP contribution is -2.16. The highest BCUT2D eigenvalue weighted by molar-refractivity contribution is 5.66. The molecule has 1 aliphatic carbocycles. The number of allylic oxidation sites excluding steroid dienone is 2. The third kappa shape index (κ3) is 2.53. The van der Waals surface area contributed by atoms with Crippen molar-refractivity contribution in [1.82, 2.24) is 0 Å². The second kappa shape index (κ2) is 4.10. The van der Waals surface area contributed by atoms with E-state index in [2.05, 4.69) is 6.58 Å². The van der Waals surface area contributed by atoms with Crippen molar-refractivity contribution in [2.45, 2.75) is 32.3 Å². The van der Waals surface area contributed by atoms with Crippen LogP contribution >= 0.6 is 0 Å². The van der Waals surface area contributed by atoms with Crippen LogP contribution in [0.3, 0.4) is 0 Å². The van der Waals surface area contributed by atoms with Crippen LogP contribution < -0.4 is 0 Å². The highest BCUT2D eigenvalue weighted by Crippen LogP contribution is 2.20. The van der Waals surface area contributed by atoms with Gasteiger partial charge < -0.3 is 4.74 Å². The van der Waals surface area contributed by atoms with Crippen LogP contribution in [0.2, 0.25) is 0 Å². The molecule has 0 bridgehead atoms. The number of hydrogen-bond donors (Lipinski definition) is 0. The van der Waals surface area contributed by atoms with E-state index in [-0.39, 0.29) is 12.1 Å². The first-order valence-electron chi connectivity index (χ1n) is 4.22. The Balaban J connectivity index is 2.54. The Morgan fingerprint density at radius 1 is 1.83 bits per heavy atom. The minimum absolute atomic E-state index is 0.0238. The van der Waals surface area contributed by atoms with Crippen LogP contribution in [0.25, 0.3) is 0 Å². The van der Waals surface area contributed by atoms with Crippen LogP contribution in [0.4, 0.5) is 0 Å². The number of esters is 1. The van der Waals surface area contributed by atoms with Gasteiger partial charge in [0.25, 0.3) is 0 Å². The first-order chi connectivity index (χ1) is 5.72. The standard InChI is InChI=1S/C10H14O2/c1-3-9-5-4-6-10(7-9)12-8(2)11/h3,7,10H,1,4-6H2,2H3/t10-/m1/s1. The van der Waals surface area contributed by atoms with E-state index in [9.17, 15) is 4.79 Å².